The predicted octanol–water partition coefficient (Wildman–Crippen LogP) is 12.4. The molecule has 2 aromatic heterocycles. The quantitative estimate of drug-likeness (QED) is 0.191. The van der Waals surface area contributed by atoms with Crippen molar-refractivity contribution in [2.24, 2.45) is 0 Å². The standard InChI is InChI=1S/C42H36N2S/c1-25(2)34-21-31(28-12-7-6-8-13-28)22-35(26(3)4)40(34)44-38-17-10-9-16-37(38)43-42(44)33-15-11-14-32-36-23-30-20-27(5)18-19-29(30)24-39(36)45-41(32)33/h6-26H,1-5H3/i5D3. The van der Waals surface area contributed by atoms with E-state index in [2.05, 4.69) is 129 Å². The molecular formula is C42H36N2S. The summed E-state index contributed by atoms with van der Waals surface area (Å²) in [5.74, 6) is 1.49. The lowest BCUT2D eigenvalue weighted by molar-refractivity contribution is 0.812. The summed E-state index contributed by atoms with van der Waals surface area (Å²) in [6.07, 6.45) is 0. The predicted molar refractivity (Wildman–Crippen MR) is 195 cm³/mol. The Balaban J connectivity index is 1.42. The molecule has 3 heteroatoms. The molecule has 8 rings (SSSR count). The van der Waals surface area contributed by atoms with Gasteiger partial charge in [-0.2, -0.15) is 0 Å². The molecule has 2 nitrogen and oxygen atoms in total. The van der Waals surface area contributed by atoms with Gasteiger partial charge in [0.2, 0.25) is 0 Å². The molecule has 0 aliphatic carbocycles. The van der Waals surface area contributed by atoms with Gasteiger partial charge < -0.3 is 0 Å². The number of thiophene rings is 1. The zero-order valence-corrected chi connectivity index (χ0v) is 26.7. The van der Waals surface area contributed by atoms with Gasteiger partial charge in [-0.25, -0.2) is 4.98 Å². The lowest BCUT2D eigenvalue weighted by atomic mass is 9.88. The molecule has 0 radical (unpaired) electrons. The van der Waals surface area contributed by atoms with Gasteiger partial charge in [0, 0.05) is 29.8 Å². The van der Waals surface area contributed by atoms with Gasteiger partial charge >= 0.3 is 0 Å². The van der Waals surface area contributed by atoms with E-state index in [4.69, 9.17) is 9.10 Å². The summed E-state index contributed by atoms with van der Waals surface area (Å²) in [6.45, 7) is 6.99. The maximum absolute atomic E-state index is 7.94. The van der Waals surface area contributed by atoms with Crippen LogP contribution in [0.15, 0.2) is 115 Å². The van der Waals surface area contributed by atoms with Crippen molar-refractivity contribution < 1.29 is 4.11 Å². The van der Waals surface area contributed by atoms with Gasteiger partial charge in [-0.3, -0.25) is 4.57 Å². The molecular weight excluding hydrogens is 565 g/mol. The van der Waals surface area contributed by atoms with Crippen LogP contribution < -0.4 is 0 Å². The van der Waals surface area contributed by atoms with Crippen LogP contribution in [-0.4, -0.2) is 9.55 Å². The molecule has 0 aliphatic rings. The lowest BCUT2D eigenvalue weighted by Gasteiger charge is -2.24. The summed E-state index contributed by atoms with van der Waals surface area (Å²) >= 11 is 1.78. The molecule has 0 saturated heterocycles. The molecule has 45 heavy (non-hydrogen) atoms. The number of hydrogen-bond acceptors (Lipinski definition) is 2. The molecule has 6 aromatic carbocycles. The van der Waals surface area contributed by atoms with E-state index in [0.717, 1.165) is 44.0 Å². The Labute approximate surface area is 272 Å². The van der Waals surface area contributed by atoms with Crippen LogP contribution in [0.1, 0.15) is 60.3 Å². The topological polar surface area (TPSA) is 17.8 Å². The smallest absolute Gasteiger partial charge is 0.147 e. The summed E-state index contributed by atoms with van der Waals surface area (Å²) < 4.78 is 28.6. The van der Waals surface area contributed by atoms with Crippen LogP contribution in [0.25, 0.3) is 70.2 Å². The monoisotopic (exact) mass is 603 g/mol. The Bertz CT molecular complexity index is 2470. The first-order valence-corrected chi connectivity index (χ1v) is 16.5. The van der Waals surface area contributed by atoms with Crippen LogP contribution in [0.3, 0.4) is 0 Å². The Morgan fingerprint density at radius 2 is 1.42 bits per heavy atom. The maximum atomic E-state index is 7.94. The van der Waals surface area contributed by atoms with E-state index in [-0.39, 0.29) is 11.8 Å². The van der Waals surface area contributed by atoms with Crippen molar-refractivity contribution in [3.05, 3.63) is 132 Å². The SMILES string of the molecule is [2H]C([2H])([2H])c1ccc2cc3sc4c(-c5nc6ccccc6n5-c5c(C(C)C)cc(-c6ccccc6)cc5C(C)C)cccc4c3cc2c1. The minimum Gasteiger partial charge on any atom is -0.292 e. The zero-order valence-electron chi connectivity index (χ0n) is 28.9. The van der Waals surface area contributed by atoms with E-state index in [0.29, 0.717) is 5.56 Å². The van der Waals surface area contributed by atoms with Crippen LogP contribution in [0, 0.1) is 6.85 Å². The van der Waals surface area contributed by atoms with E-state index in [1.807, 2.05) is 12.1 Å². The Hall–Kier alpha value is -4.73. The highest BCUT2D eigenvalue weighted by molar-refractivity contribution is 7.26. The van der Waals surface area contributed by atoms with Gasteiger partial charge in [-0.1, -0.05) is 106 Å². The number of rotatable bonds is 5. The molecule has 0 aliphatic heterocycles. The molecule has 8 aromatic rings. The van der Waals surface area contributed by atoms with Gasteiger partial charge in [0.25, 0.3) is 0 Å². The first-order chi connectivity index (χ1) is 23.1. The Morgan fingerprint density at radius 3 is 2.18 bits per heavy atom. The minimum absolute atomic E-state index is 0.280. The molecule has 0 unspecified atom stereocenters. The third-order valence-corrected chi connectivity index (χ3v) is 10.2. The average Bonchev–Trinajstić information content (AvgIpc) is 3.64. The van der Waals surface area contributed by atoms with Crippen molar-refractivity contribution >= 4 is 53.3 Å². The summed E-state index contributed by atoms with van der Waals surface area (Å²) in [5, 5.41) is 4.26. The number of imidazole rings is 1. The van der Waals surface area contributed by atoms with Crippen LogP contribution >= 0.6 is 11.3 Å². The molecule has 0 atom stereocenters. The first-order valence-electron chi connectivity index (χ1n) is 17.2. The largest absolute Gasteiger partial charge is 0.292 e. The van der Waals surface area contributed by atoms with E-state index in [1.54, 1.807) is 17.4 Å². The van der Waals surface area contributed by atoms with Gasteiger partial charge in [0.15, 0.2) is 0 Å². The van der Waals surface area contributed by atoms with Crippen molar-refractivity contribution in [2.75, 3.05) is 0 Å². The fraction of sp³-hybridized carbons (Fsp3) is 0.167. The molecule has 0 saturated carbocycles. The van der Waals surface area contributed by atoms with Crippen LogP contribution in [0.4, 0.5) is 0 Å². The number of para-hydroxylation sites is 2. The minimum atomic E-state index is -2.14. The van der Waals surface area contributed by atoms with E-state index < -0.39 is 6.85 Å². The summed E-state index contributed by atoms with van der Waals surface area (Å²) in [7, 11) is 0. The highest BCUT2D eigenvalue weighted by Crippen LogP contribution is 2.44. The molecule has 0 amide bonds. The van der Waals surface area contributed by atoms with Crippen molar-refractivity contribution in [3.63, 3.8) is 0 Å². The van der Waals surface area contributed by atoms with Crippen LogP contribution in [0.5, 0.6) is 0 Å². The number of benzene rings is 6. The molecule has 220 valence electrons. The second-order valence-electron chi connectivity index (χ2n) is 12.6. The fourth-order valence-corrected chi connectivity index (χ4v) is 8.01. The van der Waals surface area contributed by atoms with Crippen LogP contribution in [-0.2, 0) is 0 Å². The van der Waals surface area contributed by atoms with Crippen molar-refractivity contribution in [1.29, 1.82) is 0 Å². The first kappa shape index (κ1) is 24.6. The van der Waals surface area contributed by atoms with Crippen molar-refractivity contribution in [1.82, 2.24) is 9.55 Å². The third kappa shape index (κ3) is 4.57. The maximum Gasteiger partial charge on any atom is 0.147 e. The highest BCUT2D eigenvalue weighted by atomic mass is 32.1. The fourth-order valence-electron chi connectivity index (χ4n) is 6.77. The second-order valence-corrected chi connectivity index (χ2v) is 13.7. The highest BCUT2D eigenvalue weighted by Gasteiger charge is 2.25. The number of fused-ring (bicyclic) bond motifs is 5. The molecule has 2 heterocycles. The van der Waals surface area contributed by atoms with Gasteiger partial charge in [0.05, 0.1) is 16.7 Å². The second kappa shape index (κ2) is 10.7. The third-order valence-electron chi connectivity index (χ3n) is 9.00. The van der Waals surface area contributed by atoms with Crippen molar-refractivity contribution in [3.8, 4) is 28.2 Å². The van der Waals surface area contributed by atoms with Gasteiger partial charge in [-0.15, -0.1) is 11.3 Å². The normalized spacial score (nSPS) is 13.3. The van der Waals surface area contributed by atoms with E-state index >= 15 is 0 Å². The van der Waals surface area contributed by atoms with E-state index in [1.165, 1.54) is 37.3 Å². The van der Waals surface area contributed by atoms with E-state index in [9.17, 15) is 0 Å². The number of aromatic nitrogens is 2. The number of hydrogen-bond donors (Lipinski definition) is 0. The van der Waals surface area contributed by atoms with Crippen LogP contribution in [0.2, 0.25) is 0 Å². The molecule has 0 bridgehead atoms. The zero-order chi connectivity index (χ0) is 33.3. The summed E-state index contributed by atoms with van der Waals surface area (Å²) in [6, 6.07) is 40.2. The Morgan fingerprint density at radius 1 is 0.667 bits per heavy atom. The molecule has 0 spiro atoms. The molecule has 0 N–H and O–H groups in total. The average molecular weight is 604 g/mol. The Kier molecular flexibility index (Phi) is 5.85. The number of nitrogens with zero attached hydrogens (tertiary/aromatic N) is 2. The van der Waals surface area contributed by atoms with Gasteiger partial charge in [0.1, 0.15) is 5.82 Å². The molecule has 0 fully saturated rings. The number of aryl methyl sites for hydroxylation is 1. The lowest BCUT2D eigenvalue weighted by Crippen LogP contribution is -2.09. The summed E-state index contributed by atoms with van der Waals surface area (Å²) in [4.78, 5) is 5.36. The van der Waals surface area contributed by atoms with Crippen molar-refractivity contribution in [2.45, 2.75) is 46.4 Å². The summed E-state index contributed by atoms with van der Waals surface area (Å²) in [5.41, 5.74) is 9.76. The van der Waals surface area contributed by atoms with Gasteiger partial charge in [-0.05, 0) is 94.2 Å².